The first-order chi connectivity index (χ1) is 13.1. The van der Waals surface area contributed by atoms with Crippen molar-refractivity contribution in [3.05, 3.63) is 29.8 Å². The highest BCUT2D eigenvalue weighted by Gasteiger charge is 2.13. The Morgan fingerprint density at radius 3 is 1.82 bits per heavy atom. The van der Waals surface area contributed by atoms with Crippen molar-refractivity contribution < 1.29 is 23.2 Å². The van der Waals surface area contributed by atoms with Crippen LogP contribution in [0.15, 0.2) is 29.2 Å². The minimum absolute atomic E-state index is 0. The summed E-state index contributed by atoms with van der Waals surface area (Å²) in [6, 6.07) is 6.73. The Hall–Kier alpha value is -0.950. The van der Waals surface area contributed by atoms with Gasteiger partial charge in [-0.15, -0.1) is 0 Å². The molecule has 0 spiro atoms. The zero-order valence-electron chi connectivity index (χ0n) is 17.5. The third-order valence-corrected chi connectivity index (χ3v) is 5.83. The lowest BCUT2D eigenvalue weighted by Gasteiger charge is -2.07. The van der Waals surface area contributed by atoms with E-state index in [1.54, 1.807) is 12.1 Å². The van der Waals surface area contributed by atoms with Gasteiger partial charge in [-0.25, -0.2) is 0 Å². The number of ether oxygens (including phenoxy) is 1. The predicted molar refractivity (Wildman–Crippen MR) is 115 cm³/mol. The van der Waals surface area contributed by atoms with E-state index in [0.29, 0.717) is 6.42 Å². The second kappa shape index (κ2) is 17.0. The molecule has 1 aromatic rings. The minimum atomic E-state index is -4.10. The molecule has 0 saturated carbocycles. The van der Waals surface area contributed by atoms with Crippen molar-refractivity contribution in [1.29, 1.82) is 0 Å². The quantitative estimate of drug-likeness (QED) is 0.366. The molecule has 164 valence electrons. The zero-order valence-corrected chi connectivity index (χ0v) is 18.3. The van der Waals surface area contributed by atoms with Crippen LogP contribution in [-0.4, -0.2) is 31.7 Å². The van der Waals surface area contributed by atoms with Gasteiger partial charge in [0.15, 0.2) is 0 Å². The van der Waals surface area contributed by atoms with Crippen LogP contribution in [0.4, 0.5) is 0 Å². The molecule has 1 aliphatic heterocycles. The molecule has 6 heteroatoms. The molecule has 28 heavy (non-hydrogen) atoms. The van der Waals surface area contributed by atoms with Gasteiger partial charge in [0.05, 0.1) is 4.90 Å². The highest BCUT2D eigenvalue weighted by atomic mass is 32.2. The summed E-state index contributed by atoms with van der Waals surface area (Å²) >= 11 is 0. The van der Waals surface area contributed by atoms with Crippen molar-refractivity contribution in [2.75, 3.05) is 13.2 Å². The number of hydrogen-bond acceptors (Lipinski definition) is 3. The first-order valence-corrected chi connectivity index (χ1v) is 12.1. The average molecular weight is 417 g/mol. The Labute approximate surface area is 171 Å². The molecule has 0 aliphatic carbocycles. The normalized spacial score (nSPS) is 13.5. The second-order valence-corrected chi connectivity index (χ2v) is 8.72. The first kappa shape index (κ1) is 27.0. The number of unbranched alkanes of at least 4 members (excludes halogenated alkanes) is 9. The van der Waals surface area contributed by atoms with Gasteiger partial charge in [0, 0.05) is 13.2 Å². The van der Waals surface area contributed by atoms with Crippen molar-refractivity contribution in [3.8, 4) is 0 Å². The summed E-state index contributed by atoms with van der Waals surface area (Å²) < 4.78 is 36.7. The molecule has 5 nitrogen and oxygen atoms in total. The first-order valence-electron chi connectivity index (χ1n) is 10.7. The fourth-order valence-corrected chi connectivity index (χ4v) is 4.03. The summed E-state index contributed by atoms with van der Waals surface area (Å²) in [5, 5.41) is 0. The SMILES string of the molecule is C1CCOC1.CCCCCCCCCCCCc1ccccc1S(=O)(=O)O.O. The number of hydrogen-bond donors (Lipinski definition) is 1. The van der Waals surface area contributed by atoms with Crippen LogP contribution in [0.3, 0.4) is 0 Å². The molecule has 0 bridgehead atoms. The monoisotopic (exact) mass is 416 g/mol. The van der Waals surface area contributed by atoms with Crippen molar-refractivity contribution in [2.24, 2.45) is 0 Å². The molecule has 1 aliphatic rings. The highest BCUT2D eigenvalue weighted by Crippen LogP contribution is 2.18. The summed E-state index contributed by atoms with van der Waals surface area (Å²) in [6.07, 6.45) is 15.9. The van der Waals surface area contributed by atoms with E-state index in [0.717, 1.165) is 31.6 Å². The molecule has 2 rings (SSSR count). The largest absolute Gasteiger partial charge is 0.412 e. The van der Waals surface area contributed by atoms with Crippen LogP contribution in [-0.2, 0) is 21.3 Å². The lowest BCUT2D eigenvalue weighted by Crippen LogP contribution is -2.03. The lowest BCUT2D eigenvalue weighted by molar-refractivity contribution is 0.198. The topological polar surface area (TPSA) is 95.1 Å². The van der Waals surface area contributed by atoms with Gasteiger partial charge in [0.1, 0.15) is 0 Å². The Bertz CT molecular complexity index is 575. The molecular formula is C22H40O5S. The molecular weight excluding hydrogens is 376 g/mol. The Morgan fingerprint density at radius 1 is 0.857 bits per heavy atom. The van der Waals surface area contributed by atoms with Gasteiger partial charge in [-0.1, -0.05) is 82.9 Å². The molecule has 1 saturated heterocycles. The van der Waals surface area contributed by atoms with Gasteiger partial charge in [-0.2, -0.15) is 8.42 Å². The van der Waals surface area contributed by atoms with Gasteiger partial charge in [0.25, 0.3) is 10.1 Å². The van der Waals surface area contributed by atoms with Gasteiger partial charge in [0.2, 0.25) is 0 Å². The van der Waals surface area contributed by atoms with Gasteiger partial charge < -0.3 is 10.2 Å². The van der Waals surface area contributed by atoms with Crippen LogP contribution in [0.5, 0.6) is 0 Å². The lowest BCUT2D eigenvalue weighted by atomic mass is 10.0. The summed E-state index contributed by atoms with van der Waals surface area (Å²) in [4.78, 5) is 0.0610. The molecule has 1 heterocycles. The van der Waals surface area contributed by atoms with Crippen LogP contribution in [0.25, 0.3) is 0 Å². The fourth-order valence-electron chi connectivity index (χ4n) is 3.28. The van der Waals surface area contributed by atoms with E-state index in [9.17, 15) is 13.0 Å². The van der Waals surface area contributed by atoms with Gasteiger partial charge in [-0.3, -0.25) is 4.55 Å². The van der Waals surface area contributed by atoms with Crippen molar-refractivity contribution in [1.82, 2.24) is 0 Å². The smallest absolute Gasteiger partial charge is 0.294 e. The number of aryl methyl sites for hydroxylation is 1. The van der Waals surface area contributed by atoms with Crippen LogP contribution in [0, 0.1) is 0 Å². The third-order valence-electron chi connectivity index (χ3n) is 4.88. The summed E-state index contributed by atoms with van der Waals surface area (Å²) in [7, 11) is -4.10. The van der Waals surface area contributed by atoms with E-state index in [1.807, 2.05) is 6.07 Å². The zero-order chi connectivity index (χ0) is 19.8. The van der Waals surface area contributed by atoms with E-state index >= 15 is 0 Å². The summed E-state index contributed by atoms with van der Waals surface area (Å²) in [5.41, 5.74) is 0.726. The Kier molecular flexibility index (Phi) is 16.4. The Balaban J connectivity index is 0.00000105. The fraction of sp³-hybridized carbons (Fsp3) is 0.727. The second-order valence-electron chi connectivity index (χ2n) is 7.33. The molecule has 1 aromatic carbocycles. The van der Waals surface area contributed by atoms with Crippen molar-refractivity contribution in [3.63, 3.8) is 0 Å². The van der Waals surface area contributed by atoms with E-state index in [2.05, 4.69) is 6.92 Å². The number of rotatable bonds is 12. The maximum Gasteiger partial charge on any atom is 0.294 e. The standard InChI is InChI=1S/C18H30O3S.C4H8O.H2O/c1-2-3-4-5-6-7-8-9-10-11-14-17-15-12-13-16-18(17)22(19,20)21;1-2-4-5-3-1;/h12-13,15-16H,2-11,14H2,1H3,(H,19,20,21);1-4H2;1H2. The van der Waals surface area contributed by atoms with Crippen LogP contribution in [0.2, 0.25) is 0 Å². The average Bonchev–Trinajstić information content (AvgIpc) is 3.23. The molecule has 0 radical (unpaired) electrons. The van der Waals surface area contributed by atoms with Crippen molar-refractivity contribution in [2.45, 2.75) is 95.3 Å². The van der Waals surface area contributed by atoms with E-state index in [1.165, 1.54) is 70.3 Å². The van der Waals surface area contributed by atoms with Crippen LogP contribution >= 0.6 is 0 Å². The third kappa shape index (κ3) is 13.3. The summed E-state index contributed by atoms with van der Waals surface area (Å²) in [5.74, 6) is 0. The molecule has 0 atom stereocenters. The van der Waals surface area contributed by atoms with E-state index in [-0.39, 0.29) is 10.4 Å². The maximum absolute atomic E-state index is 11.3. The van der Waals surface area contributed by atoms with E-state index in [4.69, 9.17) is 4.74 Å². The molecule has 0 unspecified atom stereocenters. The van der Waals surface area contributed by atoms with Crippen LogP contribution in [0.1, 0.15) is 89.5 Å². The van der Waals surface area contributed by atoms with Gasteiger partial charge >= 0.3 is 0 Å². The summed E-state index contributed by atoms with van der Waals surface area (Å²) in [6.45, 7) is 4.24. The molecule has 1 fully saturated rings. The van der Waals surface area contributed by atoms with E-state index < -0.39 is 10.1 Å². The molecule has 0 aromatic heterocycles. The van der Waals surface area contributed by atoms with Crippen LogP contribution < -0.4 is 0 Å². The minimum Gasteiger partial charge on any atom is -0.412 e. The molecule has 0 amide bonds. The molecule has 3 N–H and O–H groups in total. The highest BCUT2D eigenvalue weighted by molar-refractivity contribution is 7.85. The Morgan fingerprint density at radius 2 is 1.36 bits per heavy atom. The maximum atomic E-state index is 11.3. The number of benzene rings is 1. The van der Waals surface area contributed by atoms with Crippen molar-refractivity contribution >= 4 is 10.1 Å². The predicted octanol–water partition coefficient (Wildman–Crippen LogP) is 5.37. The van der Waals surface area contributed by atoms with Gasteiger partial charge in [-0.05, 0) is 37.3 Å².